The van der Waals surface area contributed by atoms with Crippen LogP contribution in [0.15, 0.2) is 11.4 Å². The first-order valence-corrected chi connectivity index (χ1v) is 6.51. The van der Waals surface area contributed by atoms with Crippen LogP contribution in [0, 0.1) is 15.2 Å². The number of hydrogen-bond acceptors (Lipinski definition) is 2. The van der Waals surface area contributed by atoms with Crippen molar-refractivity contribution >= 4 is 39.8 Å². The zero-order valence-corrected chi connectivity index (χ0v) is 11.6. The Kier molecular flexibility index (Phi) is 4.17. The van der Waals surface area contributed by atoms with E-state index in [1.54, 1.807) is 11.3 Å². The van der Waals surface area contributed by atoms with Crippen molar-refractivity contribution in [2.24, 2.45) is 0 Å². The van der Waals surface area contributed by atoms with Crippen molar-refractivity contribution in [1.82, 2.24) is 5.32 Å². The summed E-state index contributed by atoms with van der Waals surface area (Å²) >= 11 is 3.74. The molecule has 0 aliphatic carbocycles. The summed E-state index contributed by atoms with van der Waals surface area (Å²) in [6, 6.07) is 1.85. The van der Waals surface area contributed by atoms with Crippen molar-refractivity contribution in [3.8, 4) is 12.3 Å². The molecule has 1 atom stereocenters. The Balaban J connectivity index is 2.76. The van der Waals surface area contributed by atoms with Gasteiger partial charge in [0.05, 0.1) is 14.0 Å². The van der Waals surface area contributed by atoms with Gasteiger partial charge in [-0.25, -0.2) is 0 Å². The second-order valence-corrected chi connectivity index (χ2v) is 6.23. The minimum absolute atomic E-state index is 0.100. The number of nitrogens with one attached hydrogen (secondary N) is 1. The van der Waals surface area contributed by atoms with Crippen LogP contribution in [-0.2, 0) is 0 Å². The number of carbonyl (C=O) groups is 1. The molecule has 1 rings (SSSR count). The Labute approximate surface area is 108 Å². The van der Waals surface area contributed by atoms with Gasteiger partial charge in [0.1, 0.15) is 0 Å². The number of rotatable bonds is 3. The van der Waals surface area contributed by atoms with Crippen LogP contribution in [0.3, 0.4) is 0 Å². The molecule has 1 amide bonds. The summed E-state index contributed by atoms with van der Waals surface area (Å²) < 4.78 is 1.09. The molecule has 1 N–H and O–H groups in total. The average Bonchev–Trinajstić information content (AvgIpc) is 2.65. The number of carbonyl (C=O) groups excluding carboxylic acids is 1. The lowest BCUT2D eigenvalue weighted by atomic mass is 10.00. The molecule has 0 aliphatic rings. The number of amides is 1. The average molecular weight is 333 g/mol. The molecule has 0 aromatic carbocycles. The maximum absolute atomic E-state index is 11.8. The summed E-state index contributed by atoms with van der Waals surface area (Å²) in [7, 11) is 0. The van der Waals surface area contributed by atoms with E-state index in [1.807, 2.05) is 25.3 Å². The Hall–Kier alpha value is -0.540. The predicted molar refractivity (Wildman–Crippen MR) is 72.0 cm³/mol. The zero-order chi connectivity index (χ0) is 11.5. The third-order valence-electron chi connectivity index (χ3n) is 2.24. The predicted octanol–water partition coefficient (Wildman–Crippen LogP) is 2.88. The van der Waals surface area contributed by atoms with Gasteiger partial charge in [0.25, 0.3) is 5.91 Å². The first-order valence-electron chi connectivity index (χ1n) is 4.55. The summed E-state index contributed by atoms with van der Waals surface area (Å²) in [4.78, 5) is 11.8. The van der Waals surface area contributed by atoms with Gasteiger partial charge in [0, 0.05) is 5.38 Å². The molecule has 0 radical (unpaired) electrons. The Morgan fingerprint density at radius 2 is 2.47 bits per heavy atom. The lowest BCUT2D eigenvalue weighted by molar-refractivity contribution is 0.0924. The molecular formula is C11H12INOS. The van der Waals surface area contributed by atoms with E-state index in [1.165, 1.54) is 0 Å². The zero-order valence-electron chi connectivity index (χ0n) is 8.63. The summed E-state index contributed by atoms with van der Waals surface area (Å²) in [6.07, 6.45) is 6.10. The number of halogens is 1. The summed E-state index contributed by atoms with van der Waals surface area (Å²) in [5.41, 5.74) is 0.129. The second kappa shape index (κ2) is 4.99. The standard InChI is InChI=1S/C11H12INOS/c1-4-11(3,5-2)13-10(14)8-6-9(12)15-7-8/h1,6-7H,5H2,2-3H3,(H,13,14). The molecule has 4 heteroatoms. The van der Waals surface area contributed by atoms with Crippen LogP contribution in [0.1, 0.15) is 30.6 Å². The van der Waals surface area contributed by atoms with E-state index < -0.39 is 5.54 Å². The molecular weight excluding hydrogens is 321 g/mol. The van der Waals surface area contributed by atoms with Crippen molar-refractivity contribution in [3.05, 3.63) is 19.9 Å². The van der Waals surface area contributed by atoms with Gasteiger partial charge < -0.3 is 5.32 Å². The highest BCUT2D eigenvalue weighted by atomic mass is 127. The van der Waals surface area contributed by atoms with Crippen molar-refractivity contribution < 1.29 is 4.79 Å². The molecule has 1 aromatic rings. The van der Waals surface area contributed by atoms with Gasteiger partial charge in [0.2, 0.25) is 0 Å². The minimum Gasteiger partial charge on any atom is -0.336 e. The van der Waals surface area contributed by atoms with Gasteiger partial charge in [-0.1, -0.05) is 12.8 Å². The minimum atomic E-state index is -0.551. The van der Waals surface area contributed by atoms with Crippen LogP contribution in [-0.4, -0.2) is 11.4 Å². The highest BCUT2D eigenvalue weighted by Crippen LogP contribution is 2.17. The number of hydrogen-bond donors (Lipinski definition) is 1. The van der Waals surface area contributed by atoms with Crippen LogP contribution in [0.5, 0.6) is 0 Å². The molecule has 1 aromatic heterocycles. The monoisotopic (exact) mass is 333 g/mol. The molecule has 0 spiro atoms. The van der Waals surface area contributed by atoms with Gasteiger partial charge in [-0.2, -0.15) is 0 Å². The molecule has 1 heterocycles. The Morgan fingerprint density at radius 3 is 2.87 bits per heavy atom. The van der Waals surface area contributed by atoms with Crippen LogP contribution in [0.2, 0.25) is 0 Å². The van der Waals surface area contributed by atoms with E-state index in [0.717, 1.165) is 9.30 Å². The van der Waals surface area contributed by atoms with E-state index in [0.29, 0.717) is 5.56 Å². The fraction of sp³-hybridized carbons (Fsp3) is 0.364. The van der Waals surface area contributed by atoms with Crippen LogP contribution < -0.4 is 5.32 Å². The van der Waals surface area contributed by atoms with E-state index in [9.17, 15) is 4.79 Å². The molecule has 0 fully saturated rings. The van der Waals surface area contributed by atoms with Crippen LogP contribution in [0.4, 0.5) is 0 Å². The molecule has 80 valence electrons. The maximum Gasteiger partial charge on any atom is 0.253 e. The van der Waals surface area contributed by atoms with Gasteiger partial charge >= 0.3 is 0 Å². The Morgan fingerprint density at radius 1 is 1.80 bits per heavy atom. The topological polar surface area (TPSA) is 29.1 Å². The van der Waals surface area contributed by atoms with E-state index >= 15 is 0 Å². The molecule has 0 bridgehead atoms. The van der Waals surface area contributed by atoms with Crippen molar-refractivity contribution in [3.63, 3.8) is 0 Å². The molecule has 0 aliphatic heterocycles. The largest absolute Gasteiger partial charge is 0.336 e. The first-order chi connectivity index (χ1) is 7.00. The van der Waals surface area contributed by atoms with Crippen molar-refractivity contribution in [2.75, 3.05) is 0 Å². The fourth-order valence-electron chi connectivity index (χ4n) is 0.978. The maximum atomic E-state index is 11.8. The van der Waals surface area contributed by atoms with Gasteiger partial charge in [-0.05, 0) is 42.0 Å². The van der Waals surface area contributed by atoms with Crippen molar-refractivity contribution in [1.29, 1.82) is 0 Å². The highest BCUT2D eigenvalue weighted by Gasteiger charge is 2.22. The first kappa shape index (κ1) is 12.5. The number of terminal acetylenes is 1. The molecule has 0 saturated carbocycles. The van der Waals surface area contributed by atoms with E-state index in [4.69, 9.17) is 6.42 Å². The summed E-state index contributed by atoms with van der Waals surface area (Å²) in [5, 5.41) is 4.69. The third-order valence-corrected chi connectivity index (χ3v) is 4.03. The summed E-state index contributed by atoms with van der Waals surface area (Å²) in [6.45, 7) is 3.81. The second-order valence-electron chi connectivity index (χ2n) is 3.42. The Bertz CT molecular complexity index is 407. The van der Waals surface area contributed by atoms with E-state index in [2.05, 4.69) is 33.8 Å². The normalized spacial score (nSPS) is 14.0. The molecule has 1 unspecified atom stereocenters. The smallest absolute Gasteiger partial charge is 0.253 e. The van der Waals surface area contributed by atoms with Gasteiger partial charge in [0.15, 0.2) is 0 Å². The number of thiophene rings is 1. The van der Waals surface area contributed by atoms with Crippen LogP contribution in [0.25, 0.3) is 0 Å². The van der Waals surface area contributed by atoms with Gasteiger partial charge in [-0.3, -0.25) is 4.79 Å². The lowest BCUT2D eigenvalue weighted by Gasteiger charge is -2.22. The highest BCUT2D eigenvalue weighted by molar-refractivity contribution is 14.1. The SMILES string of the molecule is C#CC(C)(CC)NC(=O)c1csc(I)c1. The summed E-state index contributed by atoms with van der Waals surface area (Å²) in [5.74, 6) is 2.50. The van der Waals surface area contributed by atoms with Crippen molar-refractivity contribution in [2.45, 2.75) is 25.8 Å². The molecule has 0 saturated heterocycles. The molecule has 15 heavy (non-hydrogen) atoms. The van der Waals surface area contributed by atoms with Crippen LogP contribution >= 0.6 is 33.9 Å². The fourth-order valence-corrected chi connectivity index (χ4v) is 2.30. The lowest BCUT2D eigenvalue weighted by Crippen LogP contribution is -2.44. The quantitative estimate of drug-likeness (QED) is 0.669. The molecule has 2 nitrogen and oxygen atoms in total. The van der Waals surface area contributed by atoms with E-state index in [-0.39, 0.29) is 5.91 Å². The van der Waals surface area contributed by atoms with Gasteiger partial charge in [-0.15, -0.1) is 17.8 Å². The third kappa shape index (κ3) is 3.21.